The third kappa shape index (κ3) is 7.10. The summed E-state index contributed by atoms with van der Waals surface area (Å²) in [5.41, 5.74) is 0.739. The first-order chi connectivity index (χ1) is 13.1. The fourth-order valence-corrected chi connectivity index (χ4v) is 2.14. The van der Waals surface area contributed by atoms with Crippen LogP contribution in [0.15, 0.2) is 54.6 Å². The Kier molecular flexibility index (Phi) is 6.75. The standard InChI is InChI=1S/C19H16F4N2O3/c1-25(12-17(26)24-15-4-2-3-14(20)11-15)18(27)10-7-13-5-8-16(9-6-13)28-19(21,22)23/h2-11H,12H2,1H3,(H,24,26)/b10-7+. The van der Waals surface area contributed by atoms with Crippen LogP contribution in [0.4, 0.5) is 23.2 Å². The van der Waals surface area contributed by atoms with Gasteiger partial charge in [0, 0.05) is 18.8 Å². The van der Waals surface area contributed by atoms with Gasteiger partial charge in [-0.1, -0.05) is 18.2 Å². The fraction of sp³-hybridized carbons (Fsp3) is 0.158. The smallest absolute Gasteiger partial charge is 0.406 e. The SMILES string of the molecule is CN(CC(=O)Nc1cccc(F)c1)C(=O)/C=C/c1ccc(OC(F)(F)F)cc1. The molecule has 148 valence electrons. The van der Waals surface area contributed by atoms with Crippen LogP contribution in [0.5, 0.6) is 5.75 Å². The van der Waals surface area contributed by atoms with Gasteiger partial charge >= 0.3 is 6.36 Å². The van der Waals surface area contributed by atoms with Crippen LogP contribution in [0.1, 0.15) is 5.56 Å². The lowest BCUT2D eigenvalue weighted by atomic mass is 10.2. The maximum absolute atomic E-state index is 13.1. The topological polar surface area (TPSA) is 58.6 Å². The predicted molar refractivity (Wildman–Crippen MR) is 94.8 cm³/mol. The van der Waals surface area contributed by atoms with Crippen molar-refractivity contribution in [3.63, 3.8) is 0 Å². The minimum absolute atomic E-state index is 0.266. The summed E-state index contributed by atoms with van der Waals surface area (Å²) in [7, 11) is 1.40. The van der Waals surface area contributed by atoms with Gasteiger partial charge in [-0.05, 0) is 42.0 Å². The average Bonchev–Trinajstić information content (AvgIpc) is 2.59. The number of hydrogen-bond acceptors (Lipinski definition) is 3. The highest BCUT2D eigenvalue weighted by Crippen LogP contribution is 2.23. The predicted octanol–water partition coefficient (Wildman–Crippen LogP) is 3.83. The number of nitrogens with zero attached hydrogens (tertiary/aromatic N) is 1. The molecule has 0 aliphatic heterocycles. The largest absolute Gasteiger partial charge is 0.573 e. The second kappa shape index (κ2) is 9.03. The van der Waals surface area contributed by atoms with Crippen LogP contribution in [-0.4, -0.2) is 36.7 Å². The molecule has 2 aromatic carbocycles. The molecule has 0 spiro atoms. The summed E-state index contributed by atoms with van der Waals surface area (Å²) in [4.78, 5) is 25.1. The second-order valence-electron chi connectivity index (χ2n) is 5.70. The van der Waals surface area contributed by atoms with E-state index in [1.165, 1.54) is 49.5 Å². The maximum Gasteiger partial charge on any atom is 0.573 e. The van der Waals surface area contributed by atoms with Gasteiger partial charge in [0.05, 0.1) is 6.54 Å². The van der Waals surface area contributed by atoms with E-state index in [0.29, 0.717) is 5.56 Å². The van der Waals surface area contributed by atoms with E-state index in [4.69, 9.17) is 0 Å². The van der Waals surface area contributed by atoms with Crippen LogP contribution in [0.3, 0.4) is 0 Å². The molecule has 0 aliphatic rings. The molecule has 28 heavy (non-hydrogen) atoms. The van der Waals surface area contributed by atoms with Gasteiger partial charge in [0.2, 0.25) is 11.8 Å². The van der Waals surface area contributed by atoms with Gasteiger partial charge < -0.3 is 15.0 Å². The number of alkyl halides is 3. The molecular weight excluding hydrogens is 380 g/mol. The van der Waals surface area contributed by atoms with E-state index in [2.05, 4.69) is 10.1 Å². The third-order valence-electron chi connectivity index (χ3n) is 3.40. The van der Waals surface area contributed by atoms with E-state index in [1.807, 2.05) is 0 Å². The molecule has 2 amide bonds. The van der Waals surface area contributed by atoms with E-state index >= 15 is 0 Å². The number of rotatable bonds is 6. The molecule has 0 radical (unpaired) electrons. The molecule has 0 aliphatic carbocycles. The highest BCUT2D eigenvalue weighted by molar-refractivity contribution is 5.97. The minimum atomic E-state index is -4.78. The van der Waals surface area contributed by atoms with E-state index in [0.717, 1.165) is 23.1 Å². The molecule has 0 saturated heterocycles. The summed E-state index contributed by atoms with van der Waals surface area (Å²) in [5.74, 6) is -1.88. The zero-order valence-corrected chi connectivity index (χ0v) is 14.7. The van der Waals surface area contributed by atoms with Gasteiger partial charge in [0.15, 0.2) is 0 Å². The highest BCUT2D eigenvalue weighted by Gasteiger charge is 2.30. The maximum atomic E-state index is 13.1. The number of halogens is 4. The quantitative estimate of drug-likeness (QED) is 0.596. The van der Waals surface area contributed by atoms with Gasteiger partial charge in [-0.25, -0.2) is 4.39 Å². The first-order valence-electron chi connectivity index (χ1n) is 7.97. The Morgan fingerprint density at radius 1 is 1.14 bits per heavy atom. The number of amides is 2. The Morgan fingerprint density at radius 3 is 2.43 bits per heavy atom. The molecule has 2 aromatic rings. The normalized spacial score (nSPS) is 11.3. The van der Waals surface area contributed by atoms with Crippen molar-refractivity contribution in [2.24, 2.45) is 0 Å². The number of benzene rings is 2. The lowest BCUT2D eigenvalue weighted by molar-refractivity contribution is -0.274. The zero-order chi connectivity index (χ0) is 20.7. The van der Waals surface area contributed by atoms with Gasteiger partial charge in [-0.2, -0.15) is 0 Å². The molecular formula is C19H16F4N2O3. The summed E-state index contributed by atoms with van der Waals surface area (Å²) < 4.78 is 53.2. The lowest BCUT2D eigenvalue weighted by Gasteiger charge is -2.15. The first kappa shape index (κ1) is 20.9. The van der Waals surface area contributed by atoms with Gasteiger partial charge in [0.1, 0.15) is 11.6 Å². The third-order valence-corrected chi connectivity index (χ3v) is 3.40. The fourth-order valence-electron chi connectivity index (χ4n) is 2.14. The monoisotopic (exact) mass is 396 g/mol. The molecule has 0 unspecified atom stereocenters. The van der Waals surface area contributed by atoms with Gasteiger partial charge in [0.25, 0.3) is 0 Å². The second-order valence-corrected chi connectivity index (χ2v) is 5.70. The first-order valence-corrected chi connectivity index (χ1v) is 7.97. The van der Waals surface area contributed by atoms with Crippen molar-refractivity contribution in [1.82, 2.24) is 4.90 Å². The Hall–Kier alpha value is -3.36. The van der Waals surface area contributed by atoms with Crippen LogP contribution in [-0.2, 0) is 9.59 Å². The molecule has 1 N–H and O–H groups in total. The summed E-state index contributed by atoms with van der Waals surface area (Å²) in [6.45, 7) is -0.266. The molecule has 2 rings (SSSR count). The average molecular weight is 396 g/mol. The lowest BCUT2D eigenvalue weighted by Crippen LogP contribution is -2.33. The molecule has 0 aromatic heterocycles. The summed E-state index contributed by atoms with van der Waals surface area (Å²) >= 11 is 0. The number of nitrogens with one attached hydrogen (secondary N) is 1. The van der Waals surface area contributed by atoms with Crippen molar-refractivity contribution >= 4 is 23.6 Å². The van der Waals surface area contributed by atoms with Crippen LogP contribution in [0.25, 0.3) is 6.08 Å². The molecule has 0 heterocycles. The Morgan fingerprint density at radius 2 is 1.82 bits per heavy atom. The minimum Gasteiger partial charge on any atom is -0.406 e. The van der Waals surface area contributed by atoms with Crippen LogP contribution < -0.4 is 10.1 Å². The molecule has 9 heteroatoms. The van der Waals surface area contributed by atoms with E-state index in [-0.39, 0.29) is 18.0 Å². The Labute approximate surface area is 158 Å². The summed E-state index contributed by atoms with van der Waals surface area (Å²) in [5, 5.41) is 2.46. The molecule has 0 saturated carbocycles. The summed E-state index contributed by atoms with van der Waals surface area (Å²) in [6, 6.07) is 10.3. The van der Waals surface area contributed by atoms with Crippen LogP contribution in [0, 0.1) is 5.82 Å². The molecule has 5 nitrogen and oxygen atoms in total. The van der Waals surface area contributed by atoms with E-state index in [9.17, 15) is 27.2 Å². The van der Waals surface area contributed by atoms with Crippen molar-refractivity contribution < 1.29 is 31.9 Å². The molecule has 0 bridgehead atoms. The summed E-state index contributed by atoms with van der Waals surface area (Å²) in [6.07, 6.45) is -2.21. The van der Waals surface area contributed by atoms with Crippen molar-refractivity contribution in [3.05, 3.63) is 66.0 Å². The van der Waals surface area contributed by atoms with E-state index < -0.39 is 24.0 Å². The number of likely N-dealkylation sites (N-methyl/N-ethyl adjacent to an activating group) is 1. The van der Waals surface area contributed by atoms with E-state index in [1.54, 1.807) is 0 Å². The zero-order valence-electron chi connectivity index (χ0n) is 14.7. The molecule has 0 atom stereocenters. The number of anilines is 1. The van der Waals surface area contributed by atoms with Crippen molar-refractivity contribution in [3.8, 4) is 5.75 Å². The van der Waals surface area contributed by atoms with Gasteiger partial charge in [-0.15, -0.1) is 13.2 Å². The number of ether oxygens (including phenoxy) is 1. The molecule has 0 fully saturated rings. The van der Waals surface area contributed by atoms with Gasteiger partial charge in [-0.3, -0.25) is 9.59 Å². The van der Waals surface area contributed by atoms with Crippen molar-refractivity contribution in [1.29, 1.82) is 0 Å². The number of hydrogen-bond donors (Lipinski definition) is 1. The van der Waals surface area contributed by atoms with Crippen LogP contribution >= 0.6 is 0 Å². The Bertz CT molecular complexity index is 864. The van der Waals surface area contributed by atoms with Crippen molar-refractivity contribution in [2.45, 2.75) is 6.36 Å². The highest BCUT2D eigenvalue weighted by atomic mass is 19.4. The number of carbonyl (C=O) groups is 2. The van der Waals surface area contributed by atoms with Crippen molar-refractivity contribution in [2.75, 3.05) is 18.9 Å². The van der Waals surface area contributed by atoms with Crippen LogP contribution in [0.2, 0.25) is 0 Å². The Balaban J connectivity index is 1.88. The number of carbonyl (C=O) groups excluding carboxylic acids is 2.